The van der Waals surface area contributed by atoms with E-state index >= 15 is 0 Å². The molecule has 34 heavy (non-hydrogen) atoms. The van der Waals surface area contributed by atoms with E-state index in [1.165, 1.54) is 0 Å². The molecule has 0 aliphatic carbocycles. The normalized spacial score (nSPS) is 14.1. The number of amides is 4. The Morgan fingerprint density at radius 3 is 2.06 bits per heavy atom. The third kappa shape index (κ3) is 7.31. The predicted molar refractivity (Wildman–Crippen MR) is 132 cm³/mol. The zero-order chi connectivity index (χ0) is 24.5. The summed E-state index contributed by atoms with van der Waals surface area (Å²) < 4.78 is 0. The van der Waals surface area contributed by atoms with Gasteiger partial charge in [-0.1, -0.05) is 42.5 Å². The highest BCUT2D eigenvalue weighted by Gasteiger charge is 2.22. The Kier molecular flexibility index (Phi) is 9.04. The number of hydrogen-bond donors (Lipinski definition) is 2. The summed E-state index contributed by atoms with van der Waals surface area (Å²) in [5.74, 6) is -0.0273. The zero-order valence-corrected chi connectivity index (χ0v) is 20.3. The highest BCUT2D eigenvalue weighted by molar-refractivity contribution is 5.94. The third-order valence-corrected chi connectivity index (χ3v) is 6.10. The predicted octanol–water partition coefficient (Wildman–Crippen LogP) is 2.31. The Bertz CT molecular complexity index is 954. The monoisotopic (exact) mass is 465 g/mol. The number of piperazine rings is 1. The molecule has 0 unspecified atom stereocenters. The second-order valence-electron chi connectivity index (χ2n) is 8.89. The van der Waals surface area contributed by atoms with E-state index in [0.717, 1.165) is 11.1 Å². The maximum absolute atomic E-state index is 12.6. The van der Waals surface area contributed by atoms with Crippen LogP contribution in [0, 0.1) is 0 Å². The van der Waals surface area contributed by atoms with E-state index in [1.54, 1.807) is 29.0 Å². The maximum atomic E-state index is 12.6. The van der Waals surface area contributed by atoms with Crippen molar-refractivity contribution in [3.05, 3.63) is 71.3 Å². The Balaban J connectivity index is 1.36. The van der Waals surface area contributed by atoms with E-state index in [2.05, 4.69) is 15.5 Å². The van der Waals surface area contributed by atoms with Crippen molar-refractivity contribution in [2.75, 3.05) is 39.8 Å². The molecule has 0 spiro atoms. The molecule has 1 aliphatic rings. The maximum Gasteiger partial charge on any atom is 0.317 e. The van der Waals surface area contributed by atoms with Crippen LogP contribution >= 0.6 is 0 Å². The second kappa shape index (κ2) is 12.2. The highest BCUT2D eigenvalue weighted by atomic mass is 16.2. The minimum atomic E-state index is -0.118. The van der Waals surface area contributed by atoms with E-state index in [-0.39, 0.29) is 23.9 Å². The standard InChI is InChI=1S/C26H35N5O3/c1-20(2)29(3)25(33)23-11-9-22(10-12-23)18-28-26(34)31-15-13-30(14-16-31)19-24(32)27-17-21-7-5-4-6-8-21/h4-12,20H,13-19H2,1-3H3,(H,27,32)(H,28,34). The Morgan fingerprint density at radius 2 is 1.44 bits per heavy atom. The average molecular weight is 466 g/mol. The topological polar surface area (TPSA) is 85.0 Å². The summed E-state index contributed by atoms with van der Waals surface area (Å²) >= 11 is 0. The van der Waals surface area contributed by atoms with Gasteiger partial charge < -0.3 is 20.4 Å². The molecule has 8 heteroatoms. The summed E-state index contributed by atoms with van der Waals surface area (Å²) in [5.41, 5.74) is 2.64. The lowest BCUT2D eigenvalue weighted by Crippen LogP contribution is -2.53. The molecule has 0 aromatic heterocycles. The average Bonchev–Trinajstić information content (AvgIpc) is 2.86. The highest BCUT2D eigenvalue weighted by Crippen LogP contribution is 2.09. The largest absolute Gasteiger partial charge is 0.351 e. The fourth-order valence-electron chi connectivity index (χ4n) is 3.66. The molecule has 1 aliphatic heterocycles. The number of benzene rings is 2. The first-order valence-electron chi connectivity index (χ1n) is 11.8. The summed E-state index contributed by atoms with van der Waals surface area (Å²) in [6.45, 7) is 7.67. The fraction of sp³-hybridized carbons (Fsp3) is 0.423. The van der Waals surface area contributed by atoms with Crippen LogP contribution in [-0.4, -0.2) is 78.4 Å². The molecule has 3 rings (SSSR count). The van der Waals surface area contributed by atoms with Crippen molar-refractivity contribution >= 4 is 17.8 Å². The van der Waals surface area contributed by atoms with Gasteiger partial charge in [0.25, 0.3) is 5.91 Å². The first-order chi connectivity index (χ1) is 16.3. The Labute approximate surface area is 201 Å². The Morgan fingerprint density at radius 1 is 0.853 bits per heavy atom. The molecule has 1 saturated heterocycles. The van der Waals surface area contributed by atoms with Gasteiger partial charge in [-0.05, 0) is 37.1 Å². The van der Waals surface area contributed by atoms with Crippen LogP contribution < -0.4 is 10.6 Å². The molecule has 1 fully saturated rings. The zero-order valence-electron chi connectivity index (χ0n) is 20.3. The van der Waals surface area contributed by atoms with Crippen LogP contribution in [0.4, 0.5) is 4.79 Å². The van der Waals surface area contributed by atoms with E-state index in [9.17, 15) is 14.4 Å². The van der Waals surface area contributed by atoms with Crippen molar-refractivity contribution in [1.29, 1.82) is 0 Å². The molecule has 182 valence electrons. The van der Waals surface area contributed by atoms with Gasteiger partial charge in [0.05, 0.1) is 6.54 Å². The van der Waals surface area contributed by atoms with Gasteiger partial charge in [0.1, 0.15) is 0 Å². The minimum Gasteiger partial charge on any atom is -0.351 e. The summed E-state index contributed by atoms with van der Waals surface area (Å²) in [6, 6.07) is 17.2. The van der Waals surface area contributed by atoms with Gasteiger partial charge in [-0.3, -0.25) is 14.5 Å². The number of carbonyl (C=O) groups excluding carboxylic acids is 3. The van der Waals surface area contributed by atoms with E-state index < -0.39 is 0 Å². The smallest absolute Gasteiger partial charge is 0.317 e. The van der Waals surface area contributed by atoms with Crippen molar-refractivity contribution in [1.82, 2.24) is 25.3 Å². The molecule has 8 nitrogen and oxygen atoms in total. The Hall–Kier alpha value is -3.39. The lowest BCUT2D eigenvalue weighted by Gasteiger charge is -2.34. The minimum absolute atomic E-state index is 0.0109. The van der Waals surface area contributed by atoms with E-state index in [4.69, 9.17) is 0 Å². The number of rotatable bonds is 8. The van der Waals surface area contributed by atoms with Gasteiger partial charge in [-0.25, -0.2) is 4.79 Å². The molecule has 1 heterocycles. The first-order valence-corrected chi connectivity index (χ1v) is 11.8. The molecule has 0 saturated carbocycles. The van der Waals surface area contributed by atoms with Gasteiger partial charge >= 0.3 is 6.03 Å². The van der Waals surface area contributed by atoms with Gasteiger partial charge in [0, 0.05) is 57.9 Å². The number of hydrogen-bond acceptors (Lipinski definition) is 4. The molecule has 2 aromatic carbocycles. The van der Waals surface area contributed by atoms with Crippen LogP contribution in [-0.2, 0) is 17.9 Å². The van der Waals surface area contributed by atoms with Crippen LogP contribution in [0.15, 0.2) is 54.6 Å². The van der Waals surface area contributed by atoms with E-state index in [1.807, 2.05) is 56.3 Å². The number of nitrogens with one attached hydrogen (secondary N) is 2. The van der Waals surface area contributed by atoms with Gasteiger partial charge in [-0.15, -0.1) is 0 Å². The number of carbonyl (C=O) groups is 3. The van der Waals surface area contributed by atoms with Crippen LogP contribution in [0.5, 0.6) is 0 Å². The number of urea groups is 1. The molecule has 2 aromatic rings. The quantitative estimate of drug-likeness (QED) is 0.627. The number of nitrogens with zero attached hydrogens (tertiary/aromatic N) is 3. The molecule has 0 atom stereocenters. The second-order valence-corrected chi connectivity index (χ2v) is 8.89. The van der Waals surface area contributed by atoms with Crippen LogP contribution in [0.2, 0.25) is 0 Å². The van der Waals surface area contributed by atoms with Crippen LogP contribution in [0.1, 0.15) is 35.3 Å². The van der Waals surface area contributed by atoms with Crippen molar-refractivity contribution < 1.29 is 14.4 Å². The first kappa shape index (κ1) is 25.2. The van der Waals surface area contributed by atoms with Crippen LogP contribution in [0.25, 0.3) is 0 Å². The fourth-order valence-corrected chi connectivity index (χ4v) is 3.66. The van der Waals surface area contributed by atoms with Crippen molar-refractivity contribution in [3.63, 3.8) is 0 Å². The van der Waals surface area contributed by atoms with Gasteiger partial charge in [0.15, 0.2) is 0 Å². The molecular weight excluding hydrogens is 430 g/mol. The van der Waals surface area contributed by atoms with Crippen molar-refractivity contribution in [2.24, 2.45) is 0 Å². The summed E-state index contributed by atoms with van der Waals surface area (Å²) in [5, 5.41) is 5.89. The van der Waals surface area contributed by atoms with Crippen LogP contribution in [0.3, 0.4) is 0 Å². The lowest BCUT2D eigenvalue weighted by molar-refractivity contribution is -0.122. The molecular formula is C26H35N5O3. The molecule has 4 amide bonds. The van der Waals surface area contributed by atoms with Gasteiger partial charge in [-0.2, -0.15) is 0 Å². The lowest BCUT2D eigenvalue weighted by atomic mass is 10.1. The summed E-state index contributed by atoms with van der Waals surface area (Å²) in [4.78, 5) is 42.7. The van der Waals surface area contributed by atoms with E-state index in [0.29, 0.717) is 51.4 Å². The summed E-state index contributed by atoms with van der Waals surface area (Å²) in [6.07, 6.45) is 0. The summed E-state index contributed by atoms with van der Waals surface area (Å²) in [7, 11) is 1.79. The molecule has 2 N–H and O–H groups in total. The van der Waals surface area contributed by atoms with Crippen molar-refractivity contribution in [2.45, 2.75) is 33.0 Å². The molecule has 0 bridgehead atoms. The SMILES string of the molecule is CC(C)N(C)C(=O)c1ccc(CNC(=O)N2CCN(CC(=O)NCc3ccccc3)CC2)cc1. The van der Waals surface area contributed by atoms with Gasteiger partial charge in [0.2, 0.25) is 5.91 Å². The third-order valence-electron chi connectivity index (χ3n) is 6.10. The van der Waals surface area contributed by atoms with Crippen molar-refractivity contribution in [3.8, 4) is 0 Å². The molecule has 0 radical (unpaired) electrons.